The number of benzene rings is 1. The third kappa shape index (κ3) is 1.38. The van der Waals surface area contributed by atoms with Crippen LogP contribution in [0.5, 0.6) is 0 Å². The van der Waals surface area contributed by atoms with Gasteiger partial charge in [-0.1, -0.05) is 22.8 Å². The van der Waals surface area contributed by atoms with Crippen LogP contribution in [0, 0.1) is 0 Å². The number of halogens is 1. The van der Waals surface area contributed by atoms with E-state index in [0.717, 1.165) is 16.5 Å². The van der Waals surface area contributed by atoms with Crippen LogP contribution in [0.1, 0.15) is 5.56 Å². The zero-order valence-electron chi connectivity index (χ0n) is 6.66. The minimum Gasteiger partial charge on any atom is -0.411 e. The Hall–Kier alpha value is -1.48. The maximum atomic E-state index is 8.38. The molecule has 13 heavy (non-hydrogen) atoms. The van der Waals surface area contributed by atoms with Crippen molar-refractivity contribution in [2.75, 3.05) is 0 Å². The van der Waals surface area contributed by atoms with Gasteiger partial charge in [-0.2, -0.15) is 0 Å². The molecule has 0 fully saturated rings. The number of aromatic nitrogens is 1. The third-order valence-electron chi connectivity index (χ3n) is 1.87. The van der Waals surface area contributed by atoms with Gasteiger partial charge in [0, 0.05) is 27.7 Å². The fourth-order valence-electron chi connectivity index (χ4n) is 1.29. The number of H-pyrrole nitrogens is 1. The third-order valence-corrected chi connectivity index (χ3v) is 2.11. The van der Waals surface area contributed by atoms with Gasteiger partial charge in [-0.3, -0.25) is 0 Å². The van der Waals surface area contributed by atoms with Crippen molar-refractivity contribution in [3.63, 3.8) is 0 Å². The number of aromatic amines is 1. The zero-order valence-corrected chi connectivity index (χ0v) is 7.42. The Labute approximate surface area is 79.6 Å². The van der Waals surface area contributed by atoms with Gasteiger partial charge in [-0.05, 0) is 12.1 Å². The summed E-state index contributed by atoms with van der Waals surface area (Å²) in [5.41, 5.74) is 1.77. The van der Waals surface area contributed by atoms with E-state index in [0.29, 0.717) is 5.02 Å². The summed E-state index contributed by atoms with van der Waals surface area (Å²) < 4.78 is 0. The number of fused-ring (bicyclic) bond motifs is 1. The molecule has 0 bridgehead atoms. The Bertz CT molecular complexity index is 462. The molecule has 0 aliphatic rings. The molecule has 0 aliphatic heterocycles. The fourth-order valence-corrected chi connectivity index (χ4v) is 1.46. The molecule has 0 radical (unpaired) electrons. The normalized spacial score (nSPS) is 11.5. The van der Waals surface area contributed by atoms with Gasteiger partial charge >= 0.3 is 0 Å². The summed E-state index contributed by atoms with van der Waals surface area (Å²) in [7, 11) is 0. The molecule has 3 nitrogen and oxygen atoms in total. The summed E-state index contributed by atoms with van der Waals surface area (Å²) in [5.74, 6) is 0. The standard InChI is InChI=1S/C9H7ClN2O/c10-7-1-2-8-6(5-12-13)4-11-9(8)3-7/h1-5,11,13H/b12-5-. The summed E-state index contributed by atoms with van der Waals surface area (Å²) in [6, 6.07) is 5.50. The average molecular weight is 195 g/mol. The van der Waals surface area contributed by atoms with Crippen LogP contribution in [0.2, 0.25) is 5.02 Å². The highest BCUT2D eigenvalue weighted by Gasteiger charge is 2.01. The highest BCUT2D eigenvalue weighted by molar-refractivity contribution is 6.31. The number of nitrogens with zero attached hydrogens (tertiary/aromatic N) is 1. The van der Waals surface area contributed by atoms with E-state index < -0.39 is 0 Å². The van der Waals surface area contributed by atoms with Gasteiger partial charge < -0.3 is 10.2 Å². The molecule has 2 aromatic rings. The molecule has 0 unspecified atom stereocenters. The summed E-state index contributed by atoms with van der Waals surface area (Å²) >= 11 is 5.80. The topological polar surface area (TPSA) is 48.4 Å². The summed E-state index contributed by atoms with van der Waals surface area (Å²) in [5, 5.41) is 13.0. The van der Waals surface area contributed by atoms with Crippen molar-refractivity contribution >= 4 is 28.7 Å². The number of nitrogens with one attached hydrogen (secondary N) is 1. The molecule has 1 aromatic heterocycles. The van der Waals surface area contributed by atoms with Crippen molar-refractivity contribution < 1.29 is 5.21 Å². The minimum atomic E-state index is 0.682. The van der Waals surface area contributed by atoms with Crippen LogP contribution in [-0.4, -0.2) is 16.4 Å². The smallest absolute Gasteiger partial charge is 0.0755 e. The van der Waals surface area contributed by atoms with E-state index in [-0.39, 0.29) is 0 Å². The largest absolute Gasteiger partial charge is 0.411 e. The lowest BCUT2D eigenvalue weighted by Crippen LogP contribution is -1.76. The first-order valence-corrected chi connectivity index (χ1v) is 4.13. The van der Waals surface area contributed by atoms with E-state index in [1.165, 1.54) is 6.21 Å². The predicted octanol–water partition coefficient (Wildman–Crippen LogP) is 2.63. The molecular weight excluding hydrogens is 188 g/mol. The van der Waals surface area contributed by atoms with Gasteiger partial charge in [0.1, 0.15) is 0 Å². The predicted molar refractivity (Wildman–Crippen MR) is 52.7 cm³/mol. The van der Waals surface area contributed by atoms with Gasteiger partial charge in [0.2, 0.25) is 0 Å². The van der Waals surface area contributed by atoms with Crippen molar-refractivity contribution in [2.45, 2.75) is 0 Å². The lowest BCUT2D eigenvalue weighted by Gasteiger charge is -1.91. The van der Waals surface area contributed by atoms with Crippen LogP contribution in [-0.2, 0) is 0 Å². The monoisotopic (exact) mass is 194 g/mol. The molecule has 2 rings (SSSR count). The molecule has 0 amide bonds. The van der Waals surface area contributed by atoms with Crippen molar-refractivity contribution in [2.24, 2.45) is 5.16 Å². The Kier molecular flexibility index (Phi) is 1.94. The number of hydrogen-bond donors (Lipinski definition) is 2. The van der Waals surface area contributed by atoms with Gasteiger partial charge in [-0.25, -0.2) is 0 Å². The van der Waals surface area contributed by atoms with E-state index in [9.17, 15) is 0 Å². The first-order chi connectivity index (χ1) is 6.31. The lowest BCUT2D eigenvalue weighted by atomic mass is 10.2. The van der Waals surface area contributed by atoms with Gasteiger partial charge in [-0.15, -0.1) is 0 Å². The van der Waals surface area contributed by atoms with E-state index in [4.69, 9.17) is 16.8 Å². The van der Waals surface area contributed by atoms with Gasteiger partial charge in [0.05, 0.1) is 6.21 Å². The molecule has 1 aromatic carbocycles. The molecular formula is C9H7ClN2O. The van der Waals surface area contributed by atoms with Crippen LogP contribution >= 0.6 is 11.6 Å². The zero-order chi connectivity index (χ0) is 9.26. The number of oxime groups is 1. The Morgan fingerprint density at radius 3 is 3.08 bits per heavy atom. The second-order valence-electron chi connectivity index (χ2n) is 2.68. The molecule has 66 valence electrons. The molecule has 1 heterocycles. The van der Waals surface area contributed by atoms with Crippen LogP contribution < -0.4 is 0 Å². The van der Waals surface area contributed by atoms with E-state index in [1.807, 2.05) is 12.1 Å². The van der Waals surface area contributed by atoms with Crippen molar-refractivity contribution in [3.8, 4) is 0 Å². The number of rotatable bonds is 1. The van der Waals surface area contributed by atoms with Gasteiger partial charge in [0.15, 0.2) is 0 Å². The number of hydrogen-bond acceptors (Lipinski definition) is 2. The molecule has 0 saturated heterocycles. The molecule has 0 saturated carbocycles. The first kappa shape index (κ1) is 8.13. The Balaban J connectivity index is 2.68. The van der Waals surface area contributed by atoms with Crippen molar-refractivity contribution in [1.29, 1.82) is 0 Å². The maximum Gasteiger partial charge on any atom is 0.0755 e. The lowest BCUT2D eigenvalue weighted by molar-refractivity contribution is 0.322. The Morgan fingerprint density at radius 1 is 1.46 bits per heavy atom. The summed E-state index contributed by atoms with van der Waals surface area (Å²) in [4.78, 5) is 3.03. The highest BCUT2D eigenvalue weighted by atomic mass is 35.5. The van der Waals surface area contributed by atoms with Gasteiger partial charge in [0.25, 0.3) is 0 Å². The van der Waals surface area contributed by atoms with Crippen LogP contribution in [0.3, 0.4) is 0 Å². The minimum absolute atomic E-state index is 0.682. The maximum absolute atomic E-state index is 8.38. The SMILES string of the molecule is O/N=C\c1c[nH]c2cc(Cl)ccc12. The second-order valence-corrected chi connectivity index (χ2v) is 3.11. The van der Waals surface area contributed by atoms with Crippen LogP contribution in [0.4, 0.5) is 0 Å². The molecule has 0 atom stereocenters. The average Bonchev–Trinajstić information content (AvgIpc) is 2.49. The second kappa shape index (κ2) is 3.11. The molecule has 0 spiro atoms. The molecule has 2 N–H and O–H groups in total. The summed E-state index contributed by atoms with van der Waals surface area (Å²) in [6.45, 7) is 0. The molecule has 0 aliphatic carbocycles. The first-order valence-electron chi connectivity index (χ1n) is 3.75. The van der Waals surface area contributed by atoms with E-state index >= 15 is 0 Å². The molecule has 4 heteroatoms. The van der Waals surface area contributed by atoms with Crippen LogP contribution in [0.15, 0.2) is 29.6 Å². The van der Waals surface area contributed by atoms with Crippen LogP contribution in [0.25, 0.3) is 10.9 Å². The Morgan fingerprint density at radius 2 is 2.31 bits per heavy atom. The highest BCUT2D eigenvalue weighted by Crippen LogP contribution is 2.20. The van der Waals surface area contributed by atoms with E-state index in [1.54, 1.807) is 12.3 Å². The quantitative estimate of drug-likeness (QED) is 0.409. The summed E-state index contributed by atoms with van der Waals surface area (Å²) in [6.07, 6.45) is 3.15. The van der Waals surface area contributed by atoms with Crippen molar-refractivity contribution in [1.82, 2.24) is 4.98 Å². The van der Waals surface area contributed by atoms with E-state index in [2.05, 4.69) is 10.1 Å². The fraction of sp³-hybridized carbons (Fsp3) is 0. The van der Waals surface area contributed by atoms with Crippen molar-refractivity contribution in [3.05, 3.63) is 35.0 Å².